The van der Waals surface area contributed by atoms with E-state index in [1.807, 2.05) is 18.2 Å². The van der Waals surface area contributed by atoms with Gasteiger partial charge < -0.3 is 5.32 Å². The molecule has 0 fully saturated rings. The van der Waals surface area contributed by atoms with Crippen molar-refractivity contribution in [3.63, 3.8) is 0 Å². The maximum absolute atomic E-state index is 12.2. The third kappa shape index (κ3) is 3.48. The Kier molecular flexibility index (Phi) is 4.96. The Balaban J connectivity index is 2.02. The van der Waals surface area contributed by atoms with Gasteiger partial charge in [-0.25, -0.2) is 0 Å². The van der Waals surface area contributed by atoms with Gasteiger partial charge in [0.05, 0.1) is 4.88 Å². The van der Waals surface area contributed by atoms with Gasteiger partial charge in [-0.2, -0.15) is 0 Å². The number of rotatable bonds is 5. The molecule has 0 aliphatic heterocycles. The van der Waals surface area contributed by atoms with Crippen LogP contribution in [0.1, 0.15) is 44.6 Å². The van der Waals surface area contributed by atoms with Gasteiger partial charge >= 0.3 is 0 Å². The van der Waals surface area contributed by atoms with Crippen LogP contribution in [0.2, 0.25) is 0 Å². The van der Waals surface area contributed by atoms with Crippen LogP contribution in [0.3, 0.4) is 0 Å². The summed E-state index contributed by atoms with van der Waals surface area (Å²) in [6.07, 6.45) is 2.16. The van der Waals surface area contributed by atoms with Gasteiger partial charge in [-0.1, -0.05) is 37.6 Å². The smallest absolute Gasteiger partial charge is 0.261 e. The molecule has 0 saturated carbocycles. The third-order valence-corrected chi connectivity index (χ3v) is 4.56. The average Bonchev–Trinajstić information content (AvgIpc) is 2.80. The molecule has 0 radical (unpaired) electrons. The summed E-state index contributed by atoms with van der Waals surface area (Å²) in [4.78, 5) is 14.3. The predicted octanol–water partition coefficient (Wildman–Crippen LogP) is 4.25. The lowest BCUT2D eigenvalue weighted by molar-refractivity contribution is 0.0955. The Bertz CT molecular complexity index is 601. The highest BCUT2D eigenvalue weighted by Gasteiger charge is 2.12. The Morgan fingerprint density at radius 3 is 2.65 bits per heavy atom. The fourth-order valence-electron chi connectivity index (χ4n) is 2.22. The molecule has 2 nitrogen and oxygen atoms in total. The van der Waals surface area contributed by atoms with Gasteiger partial charge in [0.25, 0.3) is 5.91 Å². The van der Waals surface area contributed by atoms with E-state index in [9.17, 15) is 4.79 Å². The highest BCUT2D eigenvalue weighted by Crippen LogP contribution is 2.22. The van der Waals surface area contributed by atoms with Gasteiger partial charge in [0.1, 0.15) is 0 Å². The summed E-state index contributed by atoms with van der Waals surface area (Å²) in [5.41, 5.74) is 3.68. The molecule has 0 aliphatic rings. The SMILES string of the molecule is CCCc1cc(C(=O)NCc2ccccc2C)sc1C. The number of aryl methyl sites for hydroxylation is 3. The summed E-state index contributed by atoms with van der Waals surface area (Å²) in [6.45, 7) is 6.91. The van der Waals surface area contributed by atoms with Crippen molar-refractivity contribution in [2.75, 3.05) is 0 Å². The molecule has 1 aromatic carbocycles. The summed E-state index contributed by atoms with van der Waals surface area (Å²) in [5.74, 6) is 0.0312. The van der Waals surface area contributed by atoms with Crippen LogP contribution in [-0.2, 0) is 13.0 Å². The summed E-state index contributed by atoms with van der Waals surface area (Å²) in [5, 5.41) is 3.01. The van der Waals surface area contributed by atoms with E-state index < -0.39 is 0 Å². The molecule has 3 heteroatoms. The zero-order chi connectivity index (χ0) is 14.5. The molecule has 1 aromatic heterocycles. The summed E-state index contributed by atoms with van der Waals surface area (Å²) >= 11 is 1.59. The van der Waals surface area contributed by atoms with Gasteiger partial charge in [0.2, 0.25) is 0 Å². The van der Waals surface area contributed by atoms with Crippen LogP contribution in [0.4, 0.5) is 0 Å². The van der Waals surface area contributed by atoms with Crippen molar-refractivity contribution >= 4 is 17.2 Å². The lowest BCUT2D eigenvalue weighted by atomic mass is 10.1. The molecule has 106 valence electrons. The largest absolute Gasteiger partial charge is 0.347 e. The van der Waals surface area contributed by atoms with E-state index in [0.29, 0.717) is 6.54 Å². The van der Waals surface area contributed by atoms with E-state index in [4.69, 9.17) is 0 Å². The Labute approximate surface area is 124 Å². The normalized spacial score (nSPS) is 10.6. The second-order valence-corrected chi connectivity index (χ2v) is 6.31. The second kappa shape index (κ2) is 6.71. The van der Waals surface area contributed by atoms with Gasteiger partial charge in [-0.05, 0) is 43.0 Å². The van der Waals surface area contributed by atoms with Crippen molar-refractivity contribution in [1.29, 1.82) is 0 Å². The van der Waals surface area contributed by atoms with Crippen molar-refractivity contribution in [1.82, 2.24) is 5.32 Å². The Hall–Kier alpha value is -1.61. The monoisotopic (exact) mass is 287 g/mol. The number of carbonyl (C=O) groups excluding carboxylic acids is 1. The number of hydrogen-bond donors (Lipinski definition) is 1. The second-order valence-electron chi connectivity index (χ2n) is 5.05. The zero-order valence-corrected chi connectivity index (χ0v) is 13.1. The first-order valence-electron chi connectivity index (χ1n) is 7.03. The van der Waals surface area contributed by atoms with Crippen molar-refractivity contribution in [3.05, 3.63) is 56.8 Å². The lowest BCUT2D eigenvalue weighted by Gasteiger charge is -2.06. The van der Waals surface area contributed by atoms with E-state index in [1.54, 1.807) is 11.3 Å². The lowest BCUT2D eigenvalue weighted by Crippen LogP contribution is -2.22. The first kappa shape index (κ1) is 14.8. The fourth-order valence-corrected chi connectivity index (χ4v) is 3.21. The molecule has 0 aliphatic carbocycles. The summed E-state index contributed by atoms with van der Waals surface area (Å²) in [6, 6.07) is 10.2. The Morgan fingerprint density at radius 2 is 1.95 bits per heavy atom. The molecular weight excluding hydrogens is 266 g/mol. The maximum Gasteiger partial charge on any atom is 0.261 e. The first-order valence-corrected chi connectivity index (χ1v) is 7.85. The fraction of sp³-hybridized carbons (Fsp3) is 0.353. The summed E-state index contributed by atoms with van der Waals surface area (Å²) in [7, 11) is 0. The third-order valence-electron chi connectivity index (χ3n) is 3.46. The number of amides is 1. The molecule has 0 unspecified atom stereocenters. The molecule has 20 heavy (non-hydrogen) atoms. The van der Waals surface area contributed by atoms with Crippen molar-refractivity contribution in [2.24, 2.45) is 0 Å². The quantitative estimate of drug-likeness (QED) is 0.875. The molecule has 2 rings (SSSR count). The minimum absolute atomic E-state index is 0.0312. The maximum atomic E-state index is 12.2. The summed E-state index contributed by atoms with van der Waals surface area (Å²) < 4.78 is 0. The predicted molar refractivity (Wildman–Crippen MR) is 85.4 cm³/mol. The molecule has 0 saturated heterocycles. The highest BCUT2D eigenvalue weighted by atomic mass is 32.1. The van der Waals surface area contributed by atoms with E-state index >= 15 is 0 Å². The van der Waals surface area contributed by atoms with E-state index in [1.165, 1.54) is 21.6 Å². The van der Waals surface area contributed by atoms with Gasteiger partial charge in [0, 0.05) is 11.4 Å². The number of thiophene rings is 1. The van der Waals surface area contributed by atoms with Crippen molar-refractivity contribution in [2.45, 2.75) is 40.2 Å². The van der Waals surface area contributed by atoms with Gasteiger partial charge in [-0.15, -0.1) is 11.3 Å². The minimum atomic E-state index is 0.0312. The molecule has 0 spiro atoms. The first-order chi connectivity index (χ1) is 9.61. The number of carbonyl (C=O) groups is 1. The van der Waals surface area contributed by atoms with E-state index in [-0.39, 0.29) is 5.91 Å². The zero-order valence-electron chi connectivity index (χ0n) is 12.3. The van der Waals surface area contributed by atoms with Gasteiger partial charge in [0.15, 0.2) is 0 Å². The average molecular weight is 287 g/mol. The number of benzene rings is 1. The molecule has 0 atom stereocenters. The number of nitrogens with one attached hydrogen (secondary N) is 1. The number of hydrogen-bond acceptors (Lipinski definition) is 2. The molecule has 0 bridgehead atoms. The minimum Gasteiger partial charge on any atom is -0.347 e. The standard InChI is InChI=1S/C17H21NOS/c1-4-7-14-10-16(20-13(14)3)17(19)18-11-15-9-6-5-8-12(15)2/h5-6,8-10H,4,7,11H2,1-3H3,(H,18,19). The van der Waals surface area contributed by atoms with Crippen LogP contribution in [0, 0.1) is 13.8 Å². The molecule has 1 amide bonds. The van der Waals surface area contributed by atoms with Crippen LogP contribution < -0.4 is 5.32 Å². The molecule has 1 N–H and O–H groups in total. The van der Waals surface area contributed by atoms with Crippen LogP contribution in [0.5, 0.6) is 0 Å². The van der Waals surface area contributed by atoms with Crippen LogP contribution in [0.25, 0.3) is 0 Å². The van der Waals surface area contributed by atoms with Crippen LogP contribution >= 0.6 is 11.3 Å². The molecule has 2 aromatic rings. The van der Waals surface area contributed by atoms with Crippen molar-refractivity contribution in [3.8, 4) is 0 Å². The molecule has 1 heterocycles. The molecular formula is C17H21NOS. The van der Waals surface area contributed by atoms with Gasteiger partial charge in [-0.3, -0.25) is 4.79 Å². The van der Waals surface area contributed by atoms with E-state index in [0.717, 1.165) is 17.7 Å². The van der Waals surface area contributed by atoms with E-state index in [2.05, 4.69) is 38.2 Å². The Morgan fingerprint density at radius 1 is 1.20 bits per heavy atom. The van der Waals surface area contributed by atoms with Crippen molar-refractivity contribution < 1.29 is 4.79 Å². The highest BCUT2D eigenvalue weighted by molar-refractivity contribution is 7.14. The topological polar surface area (TPSA) is 29.1 Å². The van der Waals surface area contributed by atoms with Crippen LogP contribution in [0.15, 0.2) is 30.3 Å². The van der Waals surface area contributed by atoms with Crippen LogP contribution in [-0.4, -0.2) is 5.91 Å².